The monoisotopic (exact) mass is 336 g/mol. The van der Waals surface area contributed by atoms with E-state index >= 15 is 0 Å². The average Bonchev–Trinajstić information content (AvgIpc) is 2.41. The number of hydrogen-bond acceptors (Lipinski definition) is 5. The minimum absolute atomic E-state index is 0.143. The summed E-state index contributed by atoms with van der Waals surface area (Å²) in [5.74, 6) is 0. The number of anilines is 1. The van der Waals surface area contributed by atoms with E-state index in [-0.39, 0.29) is 17.1 Å². The van der Waals surface area contributed by atoms with Gasteiger partial charge in [0.15, 0.2) is 0 Å². The molecule has 0 aliphatic rings. The van der Waals surface area contributed by atoms with Crippen molar-refractivity contribution in [2.45, 2.75) is 18.2 Å². The summed E-state index contributed by atoms with van der Waals surface area (Å²) in [6.07, 6.45) is 0.574. The van der Waals surface area contributed by atoms with Crippen molar-refractivity contribution >= 4 is 27.3 Å². The maximum Gasteiger partial charge on any atom is 0.240 e. The van der Waals surface area contributed by atoms with Crippen molar-refractivity contribution in [3.8, 4) is 0 Å². The Hall–Kier alpha value is -0.860. The van der Waals surface area contributed by atoms with Crippen LogP contribution in [0.1, 0.15) is 12.0 Å². The molecule has 3 N–H and O–H groups in total. The molecule has 0 spiro atoms. The fraction of sp³-hybridized carbons (Fsp3) is 0.538. The summed E-state index contributed by atoms with van der Waals surface area (Å²) in [6.45, 7) is 3.45. The summed E-state index contributed by atoms with van der Waals surface area (Å²) in [5.41, 5.74) is 6.45. The molecule has 0 atom stereocenters. The zero-order valence-corrected chi connectivity index (χ0v) is 13.8. The molecule has 0 heterocycles. The van der Waals surface area contributed by atoms with Gasteiger partial charge in [-0.1, -0.05) is 11.6 Å². The van der Waals surface area contributed by atoms with E-state index in [2.05, 4.69) is 4.72 Å². The van der Waals surface area contributed by atoms with Crippen LogP contribution in [0.25, 0.3) is 0 Å². The Bertz CT molecular complexity index is 564. The Morgan fingerprint density at radius 1 is 1.29 bits per heavy atom. The largest absolute Gasteiger partial charge is 0.397 e. The van der Waals surface area contributed by atoms with Gasteiger partial charge in [0.25, 0.3) is 0 Å². The molecule has 8 heteroatoms. The minimum atomic E-state index is -3.60. The quantitative estimate of drug-likeness (QED) is 0.527. The third-order valence-corrected chi connectivity index (χ3v) is 4.70. The highest BCUT2D eigenvalue weighted by molar-refractivity contribution is 7.89. The van der Waals surface area contributed by atoms with Crippen LogP contribution in [0.3, 0.4) is 0 Å². The minimum Gasteiger partial charge on any atom is -0.397 e. The highest BCUT2D eigenvalue weighted by Gasteiger charge is 2.17. The molecular weight excluding hydrogens is 316 g/mol. The van der Waals surface area contributed by atoms with Crippen molar-refractivity contribution in [3.63, 3.8) is 0 Å². The Labute approximate surface area is 130 Å². The third kappa shape index (κ3) is 5.80. The smallest absolute Gasteiger partial charge is 0.240 e. The molecule has 0 aromatic heterocycles. The number of ether oxygens (including phenoxy) is 2. The summed E-state index contributed by atoms with van der Waals surface area (Å²) in [5, 5.41) is 0.345. The van der Waals surface area contributed by atoms with E-state index in [1.165, 1.54) is 6.07 Å². The van der Waals surface area contributed by atoms with E-state index in [0.29, 0.717) is 36.8 Å². The second kappa shape index (κ2) is 8.55. The number of nitrogen functional groups attached to an aromatic ring is 1. The van der Waals surface area contributed by atoms with Gasteiger partial charge < -0.3 is 15.2 Å². The number of rotatable bonds is 9. The summed E-state index contributed by atoms with van der Waals surface area (Å²) < 4.78 is 37.0. The predicted octanol–water partition coefficient (Wildman–Crippen LogP) is 1.56. The van der Waals surface area contributed by atoms with E-state index in [4.69, 9.17) is 26.8 Å². The standard InChI is InChI=1S/C13H21ClN2O4S/c1-10-8-11(14)12(15)9-13(10)21(17,18)16-4-3-5-20-7-6-19-2/h8-9,16H,3-7,15H2,1-2H3. The summed E-state index contributed by atoms with van der Waals surface area (Å²) in [7, 11) is -2.00. The van der Waals surface area contributed by atoms with Crippen LogP contribution in [0, 0.1) is 6.92 Å². The molecule has 21 heavy (non-hydrogen) atoms. The van der Waals surface area contributed by atoms with Gasteiger partial charge in [-0.3, -0.25) is 0 Å². The molecule has 0 bridgehead atoms. The Morgan fingerprint density at radius 3 is 2.67 bits per heavy atom. The fourth-order valence-electron chi connectivity index (χ4n) is 1.66. The van der Waals surface area contributed by atoms with Crippen LogP contribution in [-0.2, 0) is 19.5 Å². The van der Waals surface area contributed by atoms with Gasteiger partial charge in [-0.25, -0.2) is 13.1 Å². The lowest BCUT2D eigenvalue weighted by atomic mass is 10.2. The van der Waals surface area contributed by atoms with E-state index in [9.17, 15) is 8.42 Å². The van der Waals surface area contributed by atoms with E-state index in [1.807, 2.05) is 0 Å². The van der Waals surface area contributed by atoms with Crippen molar-refractivity contribution < 1.29 is 17.9 Å². The number of aryl methyl sites for hydroxylation is 1. The first kappa shape index (κ1) is 18.2. The van der Waals surface area contributed by atoms with Gasteiger partial charge in [0.2, 0.25) is 10.0 Å². The second-order valence-corrected chi connectivity index (χ2v) is 6.64. The molecule has 0 radical (unpaired) electrons. The van der Waals surface area contributed by atoms with E-state index in [1.54, 1.807) is 20.1 Å². The van der Waals surface area contributed by atoms with E-state index in [0.717, 1.165) is 0 Å². The molecule has 0 saturated carbocycles. The Balaban J connectivity index is 2.53. The maximum atomic E-state index is 12.2. The number of methoxy groups -OCH3 is 1. The molecular formula is C13H21ClN2O4S. The number of nitrogens with two attached hydrogens (primary N) is 1. The number of nitrogens with one attached hydrogen (secondary N) is 1. The summed E-state index contributed by atoms with van der Waals surface area (Å²) in [4.78, 5) is 0.143. The van der Waals surface area contributed by atoms with Gasteiger partial charge in [-0.05, 0) is 31.0 Å². The van der Waals surface area contributed by atoms with Crippen LogP contribution in [-0.4, -0.2) is 41.9 Å². The van der Waals surface area contributed by atoms with Crippen LogP contribution in [0.15, 0.2) is 17.0 Å². The second-order valence-electron chi connectivity index (χ2n) is 4.50. The SMILES string of the molecule is COCCOCCCNS(=O)(=O)c1cc(N)c(Cl)cc1C. The number of benzene rings is 1. The normalized spacial score (nSPS) is 11.8. The molecule has 1 rings (SSSR count). The van der Waals surface area contributed by atoms with Gasteiger partial charge in [0.1, 0.15) is 0 Å². The zero-order valence-electron chi connectivity index (χ0n) is 12.2. The third-order valence-electron chi connectivity index (χ3n) is 2.77. The van der Waals surface area contributed by atoms with Crippen molar-refractivity contribution in [2.75, 3.05) is 39.2 Å². The molecule has 1 aromatic rings. The van der Waals surface area contributed by atoms with Gasteiger partial charge in [0, 0.05) is 20.3 Å². The van der Waals surface area contributed by atoms with E-state index < -0.39 is 10.0 Å². The van der Waals surface area contributed by atoms with Crippen LogP contribution in [0.5, 0.6) is 0 Å². The molecule has 0 aliphatic heterocycles. The van der Waals surface area contributed by atoms with Crippen LogP contribution >= 0.6 is 11.6 Å². The highest BCUT2D eigenvalue weighted by atomic mass is 35.5. The topological polar surface area (TPSA) is 90.6 Å². The molecule has 0 saturated heterocycles. The first-order valence-corrected chi connectivity index (χ1v) is 8.36. The molecule has 0 aliphatic carbocycles. The van der Waals surface area contributed by atoms with Crippen molar-refractivity contribution in [3.05, 3.63) is 22.7 Å². The van der Waals surface area contributed by atoms with Gasteiger partial charge in [-0.15, -0.1) is 0 Å². The average molecular weight is 337 g/mol. The van der Waals surface area contributed by atoms with Crippen molar-refractivity contribution in [2.24, 2.45) is 0 Å². The lowest BCUT2D eigenvalue weighted by Crippen LogP contribution is -2.26. The molecule has 120 valence electrons. The summed E-state index contributed by atoms with van der Waals surface area (Å²) >= 11 is 5.86. The first-order valence-electron chi connectivity index (χ1n) is 6.50. The molecule has 0 unspecified atom stereocenters. The Morgan fingerprint density at radius 2 is 2.00 bits per heavy atom. The zero-order chi connectivity index (χ0) is 15.9. The van der Waals surface area contributed by atoms with Crippen molar-refractivity contribution in [1.82, 2.24) is 4.72 Å². The van der Waals surface area contributed by atoms with Gasteiger partial charge in [-0.2, -0.15) is 0 Å². The van der Waals surface area contributed by atoms with Crippen LogP contribution < -0.4 is 10.5 Å². The van der Waals surface area contributed by atoms with Crippen molar-refractivity contribution in [1.29, 1.82) is 0 Å². The maximum absolute atomic E-state index is 12.2. The number of halogens is 1. The highest BCUT2D eigenvalue weighted by Crippen LogP contribution is 2.25. The lowest BCUT2D eigenvalue weighted by molar-refractivity contribution is 0.0699. The summed E-state index contributed by atoms with van der Waals surface area (Å²) in [6, 6.07) is 2.91. The first-order chi connectivity index (χ1) is 9.88. The fourth-order valence-corrected chi connectivity index (χ4v) is 3.21. The molecule has 0 amide bonds. The lowest BCUT2D eigenvalue weighted by Gasteiger charge is -2.11. The van der Waals surface area contributed by atoms with Gasteiger partial charge >= 0.3 is 0 Å². The van der Waals surface area contributed by atoms with Crippen LogP contribution in [0.4, 0.5) is 5.69 Å². The Kier molecular flexibility index (Phi) is 7.41. The molecule has 6 nitrogen and oxygen atoms in total. The molecule has 1 aromatic carbocycles. The molecule has 0 fully saturated rings. The van der Waals surface area contributed by atoms with Gasteiger partial charge in [0.05, 0.1) is 28.8 Å². The number of hydrogen-bond donors (Lipinski definition) is 2. The van der Waals surface area contributed by atoms with Crippen LogP contribution in [0.2, 0.25) is 5.02 Å². The predicted molar refractivity (Wildman–Crippen MR) is 83.1 cm³/mol. The number of sulfonamides is 1.